The van der Waals surface area contributed by atoms with E-state index in [1.54, 1.807) is 0 Å². The topological polar surface area (TPSA) is 86.7 Å². The molecule has 1 amide bonds. The second-order valence-corrected chi connectivity index (χ2v) is 2.10. The number of nitrogens with two attached hydrogens (primary N) is 1. The van der Waals surface area contributed by atoms with Gasteiger partial charge in [0.1, 0.15) is 0 Å². The fourth-order valence-electron chi connectivity index (χ4n) is 0.756. The minimum Gasteiger partial charge on any atom is -0.350 e. The number of aryl methyl sites for hydroxylation is 1. The minimum absolute atomic E-state index is 0.514. The maximum absolute atomic E-state index is 10.6. The van der Waals surface area contributed by atoms with Gasteiger partial charge in [0.25, 0.3) is 0 Å². The first-order chi connectivity index (χ1) is 5.25. The molecule has 0 aliphatic rings. The van der Waals surface area contributed by atoms with Crippen molar-refractivity contribution in [1.82, 2.24) is 20.2 Å². The van der Waals surface area contributed by atoms with Crippen LogP contribution in [-0.4, -0.2) is 26.2 Å². The van der Waals surface area contributed by atoms with E-state index >= 15 is 0 Å². The molecular weight excluding hydrogens is 146 g/mol. The lowest BCUT2D eigenvalue weighted by Crippen LogP contribution is -2.23. The summed E-state index contributed by atoms with van der Waals surface area (Å²) in [6.45, 7) is 1.97. The molecule has 6 nitrogen and oxygen atoms in total. The van der Waals surface area contributed by atoms with Crippen molar-refractivity contribution >= 4 is 6.03 Å². The lowest BCUT2D eigenvalue weighted by molar-refractivity contribution is 0.246. The molecule has 6 heteroatoms. The first-order valence-corrected chi connectivity index (χ1v) is 3.32. The molecule has 0 saturated carbocycles. The second-order valence-electron chi connectivity index (χ2n) is 2.10. The third-order valence-corrected chi connectivity index (χ3v) is 1.22. The van der Waals surface area contributed by atoms with Gasteiger partial charge in [-0.1, -0.05) is 6.92 Å². The van der Waals surface area contributed by atoms with Gasteiger partial charge in [0.15, 0.2) is 5.82 Å². The third kappa shape index (κ3) is 1.51. The number of hydrogen-bond acceptors (Lipinski definition) is 4. The Morgan fingerprint density at radius 2 is 2.45 bits per heavy atom. The molecule has 0 aliphatic heterocycles. The number of hydrogen-bond donors (Lipinski definition) is 1. The van der Waals surface area contributed by atoms with Crippen LogP contribution in [0.4, 0.5) is 4.79 Å². The summed E-state index contributed by atoms with van der Waals surface area (Å²) >= 11 is 0. The van der Waals surface area contributed by atoms with Crippen molar-refractivity contribution in [3.05, 3.63) is 5.82 Å². The molecule has 0 aromatic carbocycles. The predicted molar refractivity (Wildman–Crippen MR) is 36.8 cm³/mol. The zero-order chi connectivity index (χ0) is 8.27. The Hall–Kier alpha value is -1.46. The lowest BCUT2D eigenvalue weighted by Gasteiger charge is -1.94. The average Bonchev–Trinajstić information content (AvgIpc) is 2.36. The number of tetrazole rings is 1. The van der Waals surface area contributed by atoms with E-state index in [0.29, 0.717) is 12.2 Å². The molecule has 1 rings (SSSR count). The maximum Gasteiger partial charge on any atom is 0.342 e. The van der Waals surface area contributed by atoms with Gasteiger partial charge in [-0.15, -0.1) is 9.78 Å². The van der Waals surface area contributed by atoms with E-state index in [1.807, 2.05) is 6.92 Å². The van der Waals surface area contributed by atoms with Crippen LogP contribution >= 0.6 is 0 Å². The molecule has 60 valence electrons. The van der Waals surface area contributed by atoms with E-state index in [1.165, 1.54) is 0 Å². The first-order valence-electron chi connectivity index (χ1n) is 3.32. The highest BCUT2D eigenvalue weighted by atomic mass is 16.2. The molecule has 0 aliphatic carbocycles. The molecule has 1 aromatic rings. The summed E-state index contributed by atoms with van der Waals surface area (Å²) in [5.41, 5.74) is 4.97. The lowest BCUT2D eigenvalue weighted by atomic mass is 10.3. The largest absolute Gasteiger partial charge is 0.350 e. The molecule has 11 heavy (non-hydrogen) atoms. The molecule has 0 fully saturated rings. The van der Waals surface area contributed by atoms with Crippen LogP contribution in [0.2, 0.25) is 0 Å². The van der Waals surface area contributed by atoms with Crippen LogP contribution in [0.25, 0.3) is 0 Å². The van der Waals surface area contributed by atoms with Crippen molar-refractivity contribution in [2.75, 3.05) is 0 Å². The van der Waals surface area contributed by atoms with E-state index in [0.717, 1.165) is 11.1 Å². The van der Waals surface area contributed by atoms with Crippen LogP contribution in [0.3, 0.4) is 0 Å². The van der Waals surface area contributed by atoms with Crippen molar-refractivity contribution in [1.29, 1.82) is 0 Å². The SMILES string of the molecule is CCCc1nnnn1C(N)=O. The number of amides is 1. The van der Waals surface area contributed by atoms with Crippen molar-refractivity contribution in [3.63, 3.8) is 0 Å². The van der Waals surface area contributed by atoms with Gasteiger partial charge in [-0.2, -0.15) is 0 Å². The number of carbonyl (C=O) groups is 1. The average molecular weight is 155 g/mol. The summed E-state index contributed by atoms with van der Waals surface area (Å²) in [6, 6.07) is -0.640. The summed E-state index contributed by atoms with van der Waals surface area (Å²) in [5, 5.41) is 10.4. The molecular formula is C5H9N5O. The standard InChI is InChI=1S/C5H9N5O/c1-2-3-4-7-8-9-10(4)5(6)11/h2-3H2,1H3,(H2,6,11). The van der Waals surface area contributed by atoms with Gasteiger partial charge in [0.05, 0.1) is 0 Å². The summed E-state index contributed by atoms with van der Waals surface area (Å²) in [6.07, 6.45) is 1.55. The number of nitrogens with zero attached hydrogens (tertiary/aromatic N) is 4. The summed E-state index contributed by atoms with van der Waals surface area (Å²) < 4.78 is 1.00. The van der Waals surface area contributed by atoms with Gasteiger partial charge in [-0.3, -0.25) is 0 Å². The van der Waals surface area contributed by atoms with Gasteiger partial charge >= 0.3 is 6.03 Å². The maximum atomic E-state index is 10.6. The Balaban J connectivity index is 2.87. The number of rotatable bonds is 2. The third-order valence-electron chi connectivity index (χ3n) is 1.22. The van der Waals surface area contributed by atoms with E-state index < -0.39 is 6.03 Å². The van der Waals surface area contributed by atoms with Crippen LogP contribution in [0.5, 0.6) is 0 Å². The Bertz CT molecular complexity index is 255. The predicted octanol–water partition coefficient (Wildman–Crippen LogP) is -0.448. The van der Waals surface area contributed by atoms with Crippen LogP contribution in [-0.2, 0) is 6.42 Å². The molecule has 0 unspecified atom stereocenters. The van der Waals surface area contributed by atoms with Gasteiger partial charge in [0, 0.05) is 6.42 Å². The fraction of sp³-hybridized carbons (Fsp3) is 0.600. The molecule has 0 spiro atoms. The zero-order valence-corrected chi connectivity index (χ0v) is 6.19. The molecule has 0 radical (unpaired) electrons. The van der Waals surface area contributed by atoms with E-state index in [4.69, 9.17) is 5.73 Å². The fourth-order valence-corrected chi connectivity index (χ4v) is 0.756. The minimum atomic E-state index is -0.640. The number of aromatic nitrogens is 4. The highest BCUT2D eigenvalue weighted by Crippen LogP contribution is 1.94. The van der Waals surface area contributed by atoms with Crippen molar-refractivity contribution in [3.8, 4) is 0 Å². The molecule has 2 N–H and O–H groups in total. The molecule has 0 saturated heterocycles. The summed E-state index contributed by atoms with van der Waals surface area (Å²) in [7, 11) is 0. The monoisotopic (exact) mass is 155 g/mol. The molecule has 0 bridgehead atoms. The van der Waals surface area contributed by atoms with E-state index in [9.17, 15) is 4.79 Å². The van der Waals surface area contributed by atoms with E-state index in [2.05, 4.69) is 15.5 Å². The molecule has 0 atom stereocenters. The van der Waals surface area contributed by atoms with Gasteiger partial charge < -0.3 is 5.73 Å². The Morgan fingerprint density at radius 1 is 1.73 bits per heavy atom. The smallest absolute Gasteiger partial charge is 0.342 e. The van der Waals surface area contributed by atoms with Gasteiger partial charge in [-0.25, -0.2) is 4.79 Å². The Morgan fingerprint density at radius 3 is 3.00 bits per heavy atom. The number of carbonyl (C=O) groups excluding carboxylic acids is 1. The van der Waals surface area contributed by atoms with Crippen molar-refractivity contribution in [2.24, 2.45) is 5.73 Å². The van der Waals surface area contributed by atoms with Crippen molar-refractivity contribution < 1.29 is 4.79 Å². The summed E-state index contributed by atoms with van der Waals surface area (Å²) in [4.78, 5) is 10.6. The first kappa shape index (κ1) is 7.64. The Kier molecular flexibility index (Phi) is 2.15. The normalized spacial score (nSPS) is 9.91. The zero-order valence-electron chi connectivity index (χ0n) is 6.19. The van der Waals surface area contributed by atoms with Crippen molar-refractivity contribution in [2.45, 2.75) is 19.8 Å². The van der Waals surface area contributed by atoms with Crippen LogP contribution in [0.15, 0.2) is 0 Å². The molecule has 1 aromatic heterocycles. The van der Waals surface area contributed by atoms with Crippen LogP contribution < -0.4 is 5.73 Å². The highest BCUT2D eigenvalue weighted by molar-refractivity contribution is 5.73. The summed E-state index contributed by atoms with van der Waals surface area (Å²) in [5.74, 6) is 0.514. The van der Waals surface area contributed by atoms with E-state index in [-0.39, 0.29) is 0 Å². The second kappa shape index (κ2) is 3.09. The molecule has 1 heterocycles. The van der Waals surface area contributed by atoms with Gasteiger partial charge in [-0.05, 0) is 16.8 Å². The van der Waals surface area contributed by atoms with Crippen LogP contribution in [0, 0.1) is 0 Å². The van der Waals surface area contributed by atoms with Crippen LogP contribution in [0.1, 0.15) is 19.2 Å². The quantitative estimate of drug-likeness (QED) is 0.586. The van der Waals surface area contributed by atoms with Gasteiger partial charge in [0.2, 0.25) is 0 Å². The number of primary amides is 1. The Labute approximate surface area is 63.4 Å². The highest BCUT2D eigenvalue weighted by Gasteiger charge is 2.07.